The molecule has 84 valence electrons. The Morgan fingerprint density at radius 3 is 2.14 bits per heavy atom. The maximum atomic E-state index is 11.8. The number of hydrogen-bond donors (Lipinski definition) is 1. The standard InChI is InChI=1S/C5H9F3N2O3S/c6-5(7,8)9-14(11,12)10-1-3-13-4-2-10/h9H,1-4H2. The van der Waals surface area contributed by atoms with Gasteiger partial charge in [-0.05, 0) is 0 Å². The number of nitrogens with zero attached hydrogens (tertiary/aromatic N) is 1. The Bertz CT molecular complexity index is 283. The molecule has 0 saturated carbocycles. The predicted octanol–water partition coefficient (Wildman–Crippen LogP) is -0.327. The minimum atomic E-state index is -4.93. The summed E-state index contributed by atoms with van der Waals surface area (Å²) in [4.78, 5) is 0. The second kappa shape index (κ2) is 4.01. The molecule has 5 nitrogen and oxygen atoms in total. The fraction of sp³-hybridized carbons (Fsp3) is 1.00. The second-order valence-electron chi connectivity index (χ2n) is 2.62. The van der Waals surface area contributed by atoms with Crippen LogP contribution in [-0.4, -0.2) is 45.3 Å². The SMILES string of the molecule is O=S(=O)(NC(F)(F)F)N1CCOCC1. The van der Waals surface area contributed by atoms with Crippen LogP contribution >= 0.6 is 0 Å². The Labute approximate surface area is 79.0 Å². The normalized spacial score (nSPS) is 21.1. The van der Waals surface area contributed by atoms with E-state index in [-0.39, 0.29) is 26.3 Å². The number of ether oxygens (including phenoxy) is 1. The van der Waals surface area contributed by atoms with Crippen LogP contribution in [0.4, 0.5) is 13.2 Å². The third-order valence-corrected chi connectivity index (χ3v) is 3.09. The molecule has 0 aromatic rings. The molecular weight excluding hydrogens is 225 g/mol. The molecule has 0 aromatic carbocycles. The van der Waals surface area contributed by atoms with Crippen LogP contribution in [-0.2, 0) is 14.9 Å². The molecule has 1 aliphatic rings. The van der Waals surface area contributed by atoms with Gasteiger partial charge in [-0.3, -0.25) is 0 Å². The predicted molar refractivity (Wildman–Crippen MR) is 40.5 cm³/mol. The molecule has 9 heteroatoms. The van der Waals surface area contributed by atoms with E-state index in [0.29, 0.717) is 9.03 Å². The van der Waals surface area contributed by atoms with Crippen LogP contribution in [0.5, 0.6) is 0 Å². The number of halogens is 3. The van der Waals surface area contributed by atoms with E-state index in [4.69, 9.17) is 4.74 Å². The monoisotopic (exact) mass is 234 g/mol. The van der Waals surface area contributed by atoms with E-state index in [1.165, 1.54) is 0 Å². The average Bonchev–Trinajstić information content (AvgIpc) is 2.01. The van der Waals surface area contributed by atoms with Crippen molar-refractivity contribution in [2.45, 2.75) is 6.30 Å². The lowest BCUT2D eigenvalue weighted by Gasteiger charge is -2.26. The first kappa shape index (κ1) is 11.7. The Hall–Kier alpha value is -0.380. The highest BCUT2D eigenvalue weighted by Gasteiger charge is 2.37. The van der Waals surface area contributed by atoms with Gasteiger partial charge in [0.1, 0.15) is 0 Å². The molecule has 14 heavy (non-hydrogen) atoms. The van der Waals surface area contributed by atoms with Crippen molar-refractivity contribution in [2.24, 2.45) is 0 Å². The summed E-state index contributed by atoms with van der Waals surface area (Å²) in [6.45, 7) is 0.0916. The maximum absolute atomic E-state index is 11.8. The maximum Gasteiger partial charge on any atom is 0.471 e. The summed E-state index contributed by atoms with van der Waals surface area (Å²) >= 11 is 0. The van der Waals surface area contributed by atoms with Crippen molar-refractivity contribution in [1.82, 2.24) is 9.03 Å². The van der Waals surface area contributed by atoms with Gasteiger partial charge in [0.2, 0.25) is 0 Å². The Morgan fingerprint density at radius 1 is 1.21 bits per heavy atom. The Morgan fingerprint density at radius 2 is 1.71 bits per heavy atom. The molecule has 0 radical (unpaired) electrons. The van der Waals surface area contributed by atoms with Gasteiger partial charge in [0.05, 0.1) is 13.2 Å². The van der Waals surface area contributed by atoms with Crippen LogP contribution in [0.1, 0.15) is 0 Å². The fourth-order valence-electron chi connectivity index (χ4n) is 0.998. The molecule has 1 aliphatic heterocycles. The van der Waals surface area contributed by atoms with Gasteiger partial charge >= 0.3 is 6.30 Å². The van der Waals surface area contributed by atoms with Gasteiger partial charge in [-0.1, -0.05) is 0 Å². The minimum absolute atomic E-state index is 0.0641. The molecule has 0 aliphatic carbocycles. The lowest BCUT2D eigenvalue weighted by molar-refractivity contribution is -0.139. The molecule has 0 aromatic heterocycles. The molecular formula is C5H9F3N2O3S. The molecule has 0 amide bonds. The number of rotatable bonds is 2. The van der Waals surface area contributed by atoms with Gasteiger partial charge in [0.25, 0.3) is 10.2 Å². The quantitative estimate of drug-likeness (QED) is 0.666. The van der Waals surface area contributed by atoms with E-state index < -0.39 is 16.5 Å². The zero-order chi connectivity index (χ0) is 10.8. The van der Waals surface area contributed by atoms with Gasteiger partial charge < -0.3 is 4.74 Å². The third-order valence-electron chi connectivity index (χ3n) is 1.55. The van der Waals surface area contributed by atoms with E-state index in [1.807, 2.05) is 0 Å². The number of morpholine rings is 1. The van der Waals surface area contributed by atoms with Crippen LogP contribution in [0.25, 0.3) is 0 Å². The topological polar surface area (TPSA) is 58.6 Å². The van der Waals surface area contributed by atoms with Crippen molar-refractivity contribution in [3.63, 3.8) is 0 Å². The Kier molecular flexibility index (Phi) is 3.35. The van der Waals surface area contributed by atoms with E-state index in [9.17, 15) is 21.6 Å². The van der Waals surface area contributed by atoms with Crippen LogP contribution in [0.2, 0.25) is 0 Å². The van der Waals surface area contributed by atoms with Crippen LogP contribution in [0.3, 0.4) is 0 Å². The summed E-state index contributed by atoms with van der Waals surface area (Å²) in [6, 6.07) is 0. The summed E-state index contributed by atoms with van der Waals surface area (Å²) in [5.74, 6) is 0. The first-order chi connectivity index (χ1) is 6.31. The summed E-state index contributed by atoms with van der Waals surface area (Å²) in [7, 11) is -4.46. The molecule has 1 saturated heterocycles. The first-order valence-electron chi connectivity index (χ1n) is 3.75. The summed E-state index contributed by atoms with van der Waals surface area (Å²) in [6.07, 6.45) is -4.93. The summed E-state index contributed by atoms with van der Waals surface area (Å²) in [5.41, 5.74) is 0. The highest BCUT2D eigenvalue weighted by Crippen LogP contribution is 2.14. The zero-order valence-electron chi connectivity index (χ0n) is 7.04. The number of alkyl halides is 3. The molecule has 1 fully saturated rings. The van der Waals surface area contributed by atoms with Crippen molar-refractivity contribution in [3.05, 3.63) is 0 Å². The van der Waals surface area contributed by atoms with Crippen molar-refractivity contribution in [1.29, 1.82) is 0 Å². The lowest BCUT2D eigenvalue weighted by atomic mass is 10.5. The highest BCUT2D eigenvalue weighted by atomic mass is 32.2. The molecule has 1 N–H and O–H groups in total. The smallest absolute Gasteiger partial charge is 0.379 e. The van der Waals surface area contributed by atoms with E-state index in [1.54, 1.807) is 0 Å². The van der Waals surface area contributed by atoms with Gasteiger partial charge in [-0.25, -0.2) is 0 Å². The molecule has 1 rings (SSSR count). The highest BCUT2D eigenvalue weighted by molar-refractivity contribution is 7.87. The number of hydrogen-bond acceptors (Lipinski definition) is 3. The van der Waals surface area contributed by atoms with Crippen LogP contribution in [0, 0.1) is 0 Å². The molecule has 0 unspecified atom stereocenters. The third kappa shape index (κ3) is 3.40. The van der Waals surface area contributed by atoms with Gasteiger partial charge in [-0.2, -0.15) is 25.9 Å². The van der Waals surface area contributed by atoms with Gasteiger partial charge in [-0.15, -0.1) is 4.72 Å². The lowest BCUT2D eigenvalue weighted by Crippen LogP contribution is -2.50. The molecule has 0 bridgehead atoms. The summed E-state index contributed by atoms with van der Waals surface area (Å²) in [5, 5.41) is 0. The Balaban J connectivity index is 2.64. The summed E-state index contributed by atoms with van der Waals surface area (Å²) < 4.78 is 63.5. The van der Waals surface area contributed by atoms with Crippen molar-refractivity contribution < 1.29 is 26.3 Å². The largest absolute Gasteiger partial charge is 0.471 e. The van der Waals surface area contributed by atoms with Crippen molar-refractivity contribution in [2.75, 3.05) is 26.3 Å². The molecule has 1 heterocycles. The molecule has 0 atom stereocenters. The minimum Gasteiger partial charge on any atom is -0.379 e. The fourth-order valence-corrected chi connectivity index (χ4v) is 2.05. The van der Waals surface area contributed by atoms with Crippen LogP contribution in [0.15, 0.2) is 0 Å². The van der Waals surface area contributed by atoms with Crippen LogP contribution < -0.4 is 4.72 Å². The van der Waals surface area contributed by atoms with E-state index in [2.05, 4.69) is 0 Å². The van der Waals surface area contributed by atoms with Gasteiger partial charge in [0.15, 0.2) is 0 Å². The average molecular weight is 234 g/mol. The first-order valence-corrected chi connectivity index (χ1v) is 5.19. The van der Waals surface area contributed by atoms with E-state index >= 15 is 0 Å². The van der Waals surface area contributed by atoms with Crippen molar-refractivity contribution >= 4 is 10.2 Å². The van der Waals surface area contributed by atoms with Gasteiger partial charge in [0, 0.05) is 13.1 Å². The van der Waals surface area contributed by atoms with Crippen molar-refractivity contribution in [3.8, 4) is 0 Å². The van der Waals surface area contributed by atoms with E-state index in [0.717, 1.165) is 0 Å². The zero-order valence-corrected chi connectivity index (χ0v) is 7.86. The molecule has 0 spiro atoms. The number of nitrogens with one attached hydrogen (secondary N) is 1. The second-order valence-corrected chi connectivity index (χ2v) is 4.29.